The monoisotopic (exact) mass is 398 g/mol. The van der Waals surface area contributed by atoms with E-state index in [0.717, 1.165) is 22.7 Å². The largest absolute Gasteiger partial charge is 0.315 e. The molecule has 0 unspecified atom stereocenters. The second-order valence-corrected chi connectivity index (χ2v) is 9.02. The van der Waals surface area contributed by atoms with E-state index in [9.17, 15) is 4.79 Å². The Morgan fingerprint density at radius 2 is 1.85 bits per heavy atom. The van der Waals surface area contributed by atoms with Gasteiger partial charge in [-0.05, 0) is 67.8 Å². The Hall–Kier alpha value is -1.85. The molecule has 3 aromatic rings. The van der Waals surface area contributed by atoms with Gasteiger partial charge in [0.1, 0.15) is 0 Å². The lowest BCUT2D eigenvalue weighted by Crippen LogP contribution is -2.18. The fraction of sp³-hybridized carbons (Fsp3) is 0.364. The van der Waals surface area contributed by atoms with Gasteiger partial charge in [-0.3, -0.25) is 4.79 Å². The molecule has 1 heterocycles. The van der Waals surface area contributed by atoms with Crippen LogP contribution in [0.1, 0.15) is 27.8 Å². The van der Waals surface area contributed by atoms with Crippen molar-refractivity contribution in [3.8, 4) is 0 Å². The molecule has 0 atom stereocenters. The Labute approximate surface area is 169 Å². The van der Waals surface area contributed by atoms with Crippen LogP contribution in [0.4, 0.5) is 0 Å². The van der Waals surface area contributed by atoms with Crippen LogP contribution in [0.3, 0.4) is 0 Å². The highest BCUT2D eigenvalue weighted by Crippen LogP contribution is 2.23. The Balaban J connectivity index is 2.01. The maximum absolute atomic E-state index is 12.7. The second-order valence-electron chi connectivity index (χ2n) is 7.06. The summed E-state index contributed by atoms with van der Waals surface area (Å²) < 4.78 is 3.42. The molecule has 0 aliphatic rings. The first-order valence-corrected chi connectivity index (χ1v) is 11.3. The summed E-state index contributed by atoms with van der Waals surface area (Å²) >= 11 is 3.43. The summed E-state index contributed by atoms with van der Waals surface area (Å²) in [5, 5.41) is 0. The van der Waals surface area contributed by atoms with E-state index in [2.05, 4.69) is 67.8 Å². The Kier molecular flexibility index (Phi) is 6.22. The molecule has 0 radical (unpaired) electrons. The normalized spacial score (nSPS) is 12.1. The molecule has 1 amide bonds. The number of hydrogen-bond donors (Lipinski definition) is 0. The zero-order chi connectivity index (χ0) is 19.6. The predicted molar refractivity (Wildman–Crippen MR) is 118 cm³/mol. The third-order valence-corrected chi connectivity index (χ3v) is 6.60. The Morgan fingerprint density at radius 3 is 2.56 bits per heavy atom. The SMILES string of the molecule is CSCCn1c(=NC(=O)Cc2ccc(C)c(C)c2)sc2c(C)cc(C)cc21. The van der Waals surface area contributed by atoms with Crippen LogP contribution in [0.15, 0.2) is 35.3 Å². The van der Waals surface area contributed by atoms with Gasteiger partial charge >= 0.3 is 0 Å². The van der Waals surface area contributed by atoms with Gasteiger partial charge in [-0.15, -0.1) is 0 Å². The number of rotatable bonds is 5. The van der Waals surface area contributed by atoms with Crippen molar-refractivity contribution in [1.82, 2.24) is 4.57 Å². The molecule has 142 valence electrons. The molecule has 27 heavy (non-hydrogen) atoms. The minimum absolute atomic E-state index is 0.0860. The van der Waals surface area contributed by atoms with E-state index in [-0.39, 0.29) is 5.91 Å². The summed E-state index contributed by atoms with van der Waals surface area (Å²) in [5.74, 6) is 0.911. The lowest BCUT2D eigenvalue weighted by molar-refractivity contribution is -0.117. The van der Waals surface area contributed by atoms with Crippen molar-refractivity contribution in [3.63, 3.8) is 0 Å². The highest BCUT2D eigenvalue weighted by atomic mass is 32.2. The van der Waals surface area contributed by atoms with E-state index < -0.39 is 0 Å². The number of nitrogens with zero attached hydrogens (tertiary/aromatic N) is 2. The zero-order valence-electron chi connectivity index (χ0n) is 16.6. The number of carbonyl (C=O) groups excluding carboxylic acids is 1. The van der Waals surface area contributed by atoms with E-state index in [1.54, 1.807) is 11.3 Å². The third kappa shape index (κ3) is 4.53. The van der Waals surface area contributed by atoms with Crippen LogP contribution in [0, 0.1) is 27.7 Å². The summed E-state index contributed by atoms with van der Waals surface area (Å²) in [7, 11) is 0. The van der Waals surface area contributed by atoms with Crippen LogP contribution < -0.4 is 4.80 Å². The maximum atomic E-state index is 12.7. The Bertz CT molecular complexity index is 1060. The van der Waals surface area contributed by atoms with Gasteiger partial charge in [0.25, 0.3) is 5.91 Å². The van der Waals surface area contributed by atoms with Crippen LogP contribution >= 0.6 is 23.1 Å². The van der Waals surface area contributed by atoms with Gasteiger partial charge in [-0.1, -0.05) is 35.6 Å². The standard InChI is InChI=1S/C22H26N2OS2/c1-14-10-17(4)21-19(11-14)24(8-9-26-5)22(27-21)23-20(25)13-18-7-6-15(2)16(3)12-18/h6-7,10-12H,8-9,13H2,1-5H3. The molecule has 3 nitrogen and oxygen atoms in total. The van der Waals surface area contributed by atoms with Crippen molar-refractivity contribution in [1.29, 1.82) is 0 Å². The average molecular weight is 399 g/mol. The molecule has 0 saturated heterocycles. The number of aryl methyl sites for hydroxylation is 5. The highest BCUT2D eigenvalue weighted by molar-refractivity contribution is 7.98. The van der Waals surface area contributed by atoms with E-state index >= 15 is 0 Å². The summed E-state index contributed by atoms with van der Waals surface area (Å²) in [6.07, 6.45) is 2.45. The zero-order valence-corrected chi connectivity index (χ0v) is 18.3. The topological polar surface area (TPSA) is 34.4 Å². The number of aromatic nitrogens is 1. The van der Waals surface area contributed by atoms with Crippen LogP contribution in [0.5, 0.6) is 0 Å². The Morgan fingerprint density at radius 1 is 1.07 bits per heavy atom. The first-order chi connectivity index (χ1) is 12.9. The van der Waals surface area contributed by atoms with E-state index in [0.29, 0.717) is 6.42 Å². The van der Waals surface area contributed by atoms with Gasteiger partial charge in [0.05, 0.1) is 16.6 Å². The number of thioether (sulfide) groups is 1. The molecule has 0 spiro atoms. The van der Waals surface area contributed by atoms with Crippen LogP contribution in [0.2, 0.25) is 0 Å². The lowest BCUT2D eigenvalue weighted by Gasteiger charge is -2.06. The van der Waals surface area contributed by atoms with Crippen molar-refractivity contribution in [3.05, 3.63) is 63.0 Å². The lowest BCUT2D eigenvalue weighted by atomic mass is 10.0. The van der Waals surface area contributed by atoms with Gasteiger partial charge in [-0.2, -0.15) is 16.8 Å². The molecule has 0 saturated carbocycles. The van der Waals surface area contributed by atoms with Crippen molar-refractivity contribution < 1.29 is 4.79 Å². The van der Waals surface area contributed by atoms with Crippen LogP contribution in [0.25, 0.3) is 10.2 Å². The number of thiazole rings is 1. The van der Waals surface area contributed by atoms with E-state index in [1.165, 1.54) is 32.5 Å². The summed E-state index contributed by atoms with van der Waals surface area (Å²) in [4.78, 5) is 18.0. The molecule has 0 aliphatic carbocycles. The molecule has 0 fully saturated rings. The minimum Gasteiger partial charge on any atom is -0.315 e. The number of fused-ring (bicyclic) bond motifs is 1. The third-order valence-electron chi connectivity index (χ3n) is 4.78. The van der Waals surface area contributed by atoms with Crippen molar-refractivity contribution in [2.24, 2.45) is 4.99 Å². The van der Waals surface area contributed by atoms with Gasteiger partial charge in [0.2, 0.25) is 0 Å². The smallest absolute Gasteiger partial charge is 0.252 e. The van der Waals surface area contributed by atoms with E-state index in [4.69, 9.17) is 0 Å². The van der Waals surface area contributed by atoms with Crippen molar-refractivity contribution >= 4 is 39.2 Å². The molecular formula is C22H26N2OS2. The maximum Gasteiger partial charge on any atom is 0.252 e. The molecule has 2 aromatic carbocycles. The number of benzene rings is 2. The molecule has 5 heteroatoms. The first-order valence-electron chi connectivity index (χ1n) is 9.12. The summed E-state index contributed by atoms with van der Waals surface area (Å²) in [6.45, 7) is 9.27. The number of amides is 1. The fourth-order valence-corrected chi connectivity index (χ4v) is 4.72. The minimum atomic E-state index is -0.0860. The quantitative estimate of drug-likeness (QED) is 0.608. The van der Waals surface area contributed by atoms with Gasteiger partial charge in [0, 0.05) is 12.3 Å². The van der Waals surface area contributed by atoms with Crippen LogP contribution in [-0.4, -0.2) is 22.5 Å². The summed E-state index contributed by atoms with van der Waals surface area (Å²) in [5.41, 5.74) is 7.15. The second kappa shape index (κ2) is 8.44. The van der Waals surface area contributed by atoms with Crippen LogP contribution in [-0.2, 0) is 17.8 Å². The van der Waals surface area contributed by atoms with Crippen molar-refractivity contribution in [2.75, 3.05) is 12.0 Å². The van der Waals surface area contributed by atoms with Crippen molar-refractivity contribution in [2.45, 2.75) is 40.7 Å². The number of hydrogen-bond acceptors (Lipinski definition) is 3. The van der Waals surface area contributed by atoms with Gasteiger partial charge in [-0.25, -0.2) is 0 Å². The van der Waals surface area contributed by atoms with E-state index in [1.807, 2.05) is 17.8 Å². The average Bonchev–Trinajstić information content (AvgIpc) is 2.93. The fourth-order valence-electron chi connectivity index (χ4n) is 3.23. The molecule has 0 bridgehead atoms. The molecule has 1 aromatic heterocycles. The van der Waals surface area contributed by atoms with Gasteiger partial charge < -0.3 is 4.57 Å². The predicted octanol–water partition coefficient (Wildman–Crippen LogP) is 4.97. The molecule has 0 aliphatic heterocycles. The summed E-state index contributed by atoms with van der Waals surface area (Å²) in [6, 6.07) is 10.6. The number of carbonyl (C=O) groups is 1. The molecule has 0 N–H and O–H groups in total. The van der Waals surface area contributed by atoms with Gasteiger partial charge in [0.15, 0.2) is 4.80 Å². The first kappa shape index (κ1) is 19.9. The highest BCUT2D eigenvalue weighted by Gasteiger charge is 2.11. The molecule has 3 rings (SSSR count). The molecular weight excluding hydrogens is 372 g/mol.